The summed E-state index contributed by atoms with van der Waals surface area (Å²) in [6.45, 7) is 2.57. The number of hydrogen-bond acceptors (Lipinski definition) is 0. The summed E-state index contributed by atoms with van der Waals surface area (Å²) in [6.07, 6.45) is 2.77. The van der Waals surface area contributed by atoms with Crippen LogP contribution in [0.1, 0.15) is 12.8 Å². The van der Waals surface area contributed by atoms with E-state index in [0.717, 1.165) is 0 Å². The van der Waals surface area contributed by atoms with Gasteiger partial charge in [-0.05, 0) is 12.8 Å². The smallest absolute Gasteiger partial charge is 0.00699 e. The Labute approximate surface area is 48.0 Å². The van der Waals surface area contributed by atoms with Crippen LogP contribution in [-0.4, -0.2) is 17.8 Å². The van der Waals surface area contributed by atoms with E-state index in [-0.39, 0.29) is 0 Å². The number of hydrogen-bond donors (Lipinski definition) is 0. The van der Waals surface area contributed by atoms with Gasteiger partial charge >= 0.3 is 0 Å². The molecule has 1 rings (SSSR count). The SMILES string of the molecule is P=PN1CCCC1. The predicted molar refractivity (Wildman–Crippen MR) is 36.0 cm³/mol. The lowest BCUT2D eigenvalue weighted by Crippen LogP contribution is -2.02. The molecular weight excluding hydrogens is 124 g/mol. The van der Waals surface area contributed by atoms with Crippen molar-refractivity contribution in [2.45, 2.75) is 12.8 Å². The van der Waals surface area contributed by atoms with Crippen LogP contribution in [0.2, 0.25) is 0 Å². The molecule has 7 heavy (non-hydrogen) atoms. The molecule has 0 amide bonds. The molecule has 0 N–H and O–H groups in total. The molecule has 0 unspecified atom stereocenters. The predicted octanol–water partition coefficient (Wildman–Crippen LogP) is 2.00. The van der Waals surface area contributed by atoms with Crippen LogP contribution in [0.4, 0.5) is 0 Å². The van der Waals surface area contributed by atoms with Crippen molar-refractivity contribution in [1.29, 1.82) is 0 Å². The highest BCUT2D eigenvalue weighted by Gasteiger charge is 2.06. The molecule has 0 aliphatic carbocycles. The van der Waals surface area contributed by atoms with E-state index in [4.69, 9.17) is 0 Å². The van der Waals surface area contributed by atoms with Crippen LogP contribution in [-0.2, 0) is 0 Å². The van der Waals surface area contributed by atoms with Crippen molar-refractivity contribution in [3.63, 3.8) is 0 Å². The van der Waals surface area contributed by atoms with Gasteiger partial charge in [0.05, 0.1) is 0 Å². The van der Waals surface area contributed by atoms with Gasteiger partial charge in [-0.1, -0.05) is 8.53 Å². The quantitative estimate of drug-likeness (QED) is 0.494. The highest BCUT2D eigenvalue weighted by molar-refractivity contribution is 7.72. The standard InChI is InChI=1S/C4H9NP2/c6-7-5-3-1-2-4-5/h6H,1-4H2. The highest BCUT2D eigenvalue weighted by atomic mass is 31.7. The van der Waals surface area contributed by atoms with Crippen molar-refractivity contribution in [2.75, 3.05) is 13.1 Å². The van der Waals surface area contributed by atoms with Crippen LogP contribution < -0.4 is 0 Å². The summed E-state index contributed by atoms with van der Waals surface area (Å²) in [5, 5.41) is 0. The molecule has 0 aromatic rings. The summed E-state index contributed by atoms with van der Waals surface area (Å²) in [6, 6.07) is 0. The Hall–Kier alpha value is 0.560. The lowest BCUT2D eigenvalue weighted by Gasteiger charge is -2.01. The molecule has 0 spiro atoms. The zero-order chi connectivity index (χ0) is 5.11. The Bertz CT molecular complexity index is 68.1. The van der Waals surface area contributed by atoms with Crippen molar-refractivity contribution >= 4 is 16.5 Å². The molecule has 40 valence electrons. The minimum Gasteiger partial charge on any atom is -0.254 e. The van der Waals surface area contributed by atoms with Crippen LogP contribution in [0.5, 0.6) is 0 Å². The first-order valence-electron chi connectivity index (χ1n) is 2.56. The van der Waals surface area contributed by atoms with Crippen molar-refractivity contribution in [1.82, 2.24) is 4.67 Å². The zero-order valence-electron chi connectivity index (χ0n) is 4.22. The minimum absolute atomic E-state index is 1.26. The molecule has 1 fully saturated rings. The van der Waals surface area contributed by atoms with E-state index in [1.54, 1.807) is 0 Å². The van der Waals surface area contributed by atoms with E-state index in [1.165, 1.54) is 33.9 Å². The molecule has 0 aromatic carbocycles. The molecule has 0 saturated carbocycles. The Kier molecular flexibility index (Phi) is 2.25. The maximum Gasteiger partial charge on any atom is 0.00699 e. The lowest BCUT2D eigenvalue weighted by atomic mass is 10.4. The number of nitrogens with zero attached hydrogens (tertiary/aromatic N) is 1. The summed E-state index contributed by atoms with van der Waals surface area (Å²) in [5.41, 5.74) is 0. The summed E-state index contributed by atoms with van der Waals surface area (Å²) in [4.78, 5) is 0. The Morgan fingerprint density at radius 1 is 1.29 bits per heavy atom. The zero-order valence-corrected chi connectivity index (χ0v) is 6.12. The molecule has 0 bridgehead atoms. The number of rotatable bonds is 1. The van der Waals surface area contributed by atoms with Gasteiger partial charge in [0.2, 0.25) is 0 Å². The van der Waals surface area contributed by atoms with Crippen LogP contribution >= 0.6 is 16.5 Å². The molecule has 3 heteroatoms. The molecule has 1 aliphatic heterocycles. The topological polar surface area (TPSA) is 3.24 Å². The summed E-state index contributed by atoms with van der Waals surface area (Å²) in [5.74, 6) is 0. The highest BCUT2D eigenvalue weighted by Crippen LogP contribution is 2.18. The molecule has 1 saturated heterocycles. The molecule has 0 aromatic heterocycles. The molecule has 1 nitrogen and oxygen atoms in total. The largest absolute Gasteiger partial charge is 0.254 e. The summed E-state index contributed by atoms with van der Waals surface area (Å²) < 4.78 is 2.37. The van der Waals surface area contributed by atoms with Gasteiger partial charge in [0, 0.05) is 21.1 Å². The van der Waals surface area contributed by atoms with Gasteiger partial charge in [0.1, 0.15) is 0 Å². The van der Waals surface area contributed by atoms with Crippen molar-refractivity contribution in [3.8, 4) is 0 Å². The second-order valence-electron chi connectivity index (χ2n) is 1.76. The van der Waals surface area contributed by atoms with Gasteiger partial charge in [-0.25, -0.2) is 0 Å². The van der Waals surface area contributed by atoms with Crippen molar-refractivity contribution < 1.29 is 0 Å². The van der Waals surface area contributed by atoms with Gasteiger partial charge in [-0.2, -0.15) is 0 Å². The second-order valence-corrected chi connectivity index (χ2v) is 3.13. The van der Waals surface area contributed by atoms with E-state index < -0.39 is 0 Å². The van der Waals surface area contributed by atoms with Crippen LogP contribution in [0, 0.1) is 0 Å². The Balaban J connectivity index is 2.26. The third kappa shape index (κ3) is 1.49. The van der Waals surface area contributed by atoms with E-state index in [9.17, 15) is 0 Å². The molecule has 1 heterocycles. The van der Waals surface area contributed by atoms with Crippen LogP contribution in [0.3, 0.4) is 0 Å². The molecular formula is C4H9NP2. The first-order valence-corrected chi connectivity index (χ1v) is 4.74. The summed E-state index contributed by atoms with van der Waals surface area (Å²) >= 11 is 0. The monoisotopic (exact) mass is 133 g/mol. The van der Waals surface area contributed by atoms with Gasteiger partial charge in [-0.3, -0.25) is 4.67 Å². The average molecular weight is 133 g/mol. The van der Waals surface area contributed by atoms with E-state index in [0.29, 0.717) is 0 Å². The van der Waals surface area contributed by atoms with Crippen LogP contribution in [0.15, 0.2) is 0 Å². The average Bonchev–Trinajstić information content (AvgIpc) is 2.14. The normalized spacial score (nSPS) is 24.0. The van der Waals surface area contributed by atoms with E-state index >= 15 is 0 Å². The molecule has 0 atom stereocenters. The Morgan fingerprint density at radius 2 is 1.86 bits per heavy atom. The fraction of sp³-hybridized carbons (Fsp3) is 1.00. The Morgan fingerprint density at radius 3 is 2.14 bits per heavy atom. The van der Waals surface area contributed by atoms with Crippen molar-refractivity contribution in [2.24, 2.45) is 0 Å². The van der Waals surface area contributed by atoms with Gasteiger partial charge in [0.15, 0.2) is 0 Å². The minimum atomic E-state index is 1.26. The molecule has 1 aliphatic rings. The van der Waals surface area contributed by atoms with E-state index in [2.05, 4.69) is 13.2 Å². The summed E-state index contributed by atoms with van der Waals surface area (Å²) in [7, 11) is 4.68. The fourth-order valence-corrected chi connectivity index (χ4v) is 1.88. The van der Waals surface area contributed by atoms with Crippen LogP contribution in [0.25, 0.3) is 0 Å². The maximum absolute atomic E-state index is 3.42. The third-order valence-corrected chi connectivity index (χ3v) is 2.76. The first-order chi connectivity index (χ1) is 3.43. The lowest BCUT2D eigenvalue weighted by molar-refractivity contribution is 0.585. The van der Waals surface area contributed by atoms with Crippen molar-refractivity contribution in [3.05, 3.63) is 0 Å². The van der Waals surface area contributed by atoms with Gasteiger partial charge in [-0.15, -0.1) is 0 Å². The van der Waals surface area contributed by atoms with Gasteiger partial charge < -0.3 is 0 Å². The van der Waals surface area contributed by atoms with Gasteiger partial charge in [0.25, 0.3) is 0 Å². The maximum atomic E-state index is 3.42. The van der Waals surface area contributed by atoms with E-state index in [1.807, 2.05) is 0 Å². The first kappa shape index (κ1) is 5.69. The third-order valence-electron chi connectivity index (χ3n) is 1.22. The fourth-order valence-electron chi connectivity index (χ4n) is 0.800. The molecule has 0 radical (unpaired) electrons. The second kappa shape index (κ2) is 2.77.